The molecule has 106 valence electrons. The highest BCUT2D eigenvalue weighted by Crippen LogP contribution is 2.30. The van der Waals surface area contributed by atoms with Gasteiger partial charge in [0.2, 0.25) is 0 Å². The van der Waals surface area contributed by atoms with Gasteiger partial charge in [0, 0.05) is 17.4 Å². The Balaban J connectivity index is 2.01. The lowest BCUT2D eigenvalue weighted by Gasteiger charge is -2.23. The van der Waals surface area contributed by atoms with Crippen molar-refractivity contribution in [3.8, 4) is 0 Å². The molecule has 1 aliphatic heterocycles. The molecule has 0 saturated carbocycles. The van der Waals surface area contributed by atoms with Gasteiger partial charge < -0.3 is 5.32 Å². The number of nitrogens with one attached hydrogen (secondary N) is 1. The van der Waals surface area contributed by atoms with Crippen molar-refractivity contribution in [3.63, 3.8) is 0 Å². The van der Waals surface area contributed by atoms with Crippen LogP contribution in [0.1, 0.15) is 42.6 Å². The minimum atomic E-state index is -4.29. The molecule has 0 amide bonds. The summed E-state index contributed by atoms with van der Waals surface area (Å²) in [5, 5.41) is 3.40. The summed E-state index contributed by atoms with van der Waals surface area (Å²) in [6.07, 6.45) is 0.670. The van der Waals surface area contributed by atoms with E-state index in [0.717, 1.165) is 25.5 Å². The van der Waals surface area contributed by atoms with Gasteiger partial charge in [0.15, 0.2) is 0 Å². The van der Waals surface area contributed by atoms with Crippen LogP contribution in [-0.4, -0.2) is 17.6 Å². The summed E-state index contributed by atoms with van der Waals surface area (Å²) in [5.41, 5.74) is 0.382. The van der Waals surface area contributed by atoms with E-state index in [1.807, 2.05) is 0 Å². The van der Waals surface area contributed by atoms with Gasteiger partial charge in [0.05, 0.1) is 5.56 Å². The van der Waals surface area contributed by atoms with Crippen molar-refractivity contribution in [2.24, 2.45) is 0 Å². The van der Waals surface area contributed by atoms with Crippen molar-refractivity contribution in [1.29, 1.82) is 0 Å². The van der Waals surface area contributed by atoms with Crippen molar-refractivity contribution in [2.45, 2.75) is 51.2 Å². The van der Waals surface area contributed by atoms with Gasteiger partial charge in [0.25, 0.3) is 0 Å². The van der Waals surface area contributed by atoms with Crippen LogP contribution in [-0.2, 0) is 12.6 Å². The van der Waals surface area contributed by atoms with Gasteiger partial charge in [0.1, 0.15) is 0 Å². The van der Waals surface area contributed by atoms with Gasteiger partial charge in [-0.25, -0.2) is 0 Å². The number of aryl methyl sites for hydroxylation is 2. The number of nitrogens with zero attached hydrogens (tertiary/aromatic N) is 1. The van der Waals surface area contributed by atoms with E-state index in [1.165, 1.54) is 18.9 Å². The predicted octanol–water partition coefficient (Wildman–Crippen LogP) is 3.48. The molecular formula is C14H19F3N2. The molecular weight excluding hydrogens is 253 g/mol. The topological polar surface area (TPSA) is 24.9 Å². The van der Waals surface area contributed by atoms with Crippen LogP contribution in [0, 0.1) is 6.92 Å². The van der Waals surface area contributed by atoms with E-state index in [-0.39, 0.29) is 0 Å². The Labute approximate surface area is 111 Å². The van der Waals surface area contributed by atoms with E-state index < -0.39 is 11.7 Å². The summed E-state index contributed by atoms with van der Waals surface area (Å²) >= 11 is 0. The van der Waals surface area contributed by atoms with Gasteiger partial charge in [-0.05, 0) is 51.3 Å². The molecule has 0 bridgehead atoms. The number of halogens is 3. The zero-order valence-electron chi connectivity index (χ0n) is 11.1. The Kier molecular flexibility index (Phi) is 4.45. The molecule has 0 aliphatic carbocycles. The van der Waals surface area contributed by atoms with E-state index in [2.05, 4.69) is 10.3 Å². The number of hydrogen-bond donors (Lipinski definition) is 1. The number of pyridine rings is 1. The molecule has 1 aromatic rings. The van der Waals surface area contributed by atoms with Crippen molar-refractivity contribution in [3.05, 3.63) is 29.1 Å². The van der Waals surface area contributed by atoms with Crippen LogP contribution >= 0.6 is 0 Å². The van der Waals surface area contributed by atoms with E-state index in [4.69, 9.17) is 0 Å². The number of piperidine rings is 1. The van der Waals surface area contributed by atoms with Gasteiger partial charge in [-0.3, -0.25) is 4.98 Å². The zero-order valence-corrected chi connectivity index (χ0v) is 11.1. The number of aromatic nitrogens is 1. The van der Waals surface area contributed by atoms with Crippen LogP contribution < -0.4 is 5.32 Å². The smallest absolute Gasteiger partial charge is 0.314 e. The van der Waals surface area contributed by atoms with Crippen LogP contribution in [0.4, 0.5) is 13.2 Å². The molecule has 0 aromatic carbocycles. The third kappa shape index (κ3) is 4.20. The summed E-state index contributed by atoms with van der Waals surface area (Å²) < 4.78 is 38.1. The SMILES string of the molecule is Cc1cc(C(F)(F)F)cc(CCC2CCCCN2)n1. The summed E-state index contributed by atoms with van der Waals surface area (Å²) in [5.74, 6) is 0. The summed E-state index contributed by atoms with van der Waals surface area (Å²) in [4.78, 5) is 4.20. The third-order valence-corrected chi connectivity index (χ3v) is 3.50. The molecule has 1 saturated heterocycles. The Morgan fingerprint density at radius 3 is 2.74 bits per heavy atom. The van der Waals surface area contributed by atoms with E-state index in [1.54, 1.807) is 6.92 Å². The van der Waals surface area contributed by atoms with Crippen LogP contribution in [0.5, 0.6) is 0 Å². The van der Waals surface area contributed by atoms with Gasteiger partial charge in [-0.15, -0.1) is 0 Å². The van der Waals surface area contributed by atoms with E-state index in [9.17, 15) is 13.2 Å². The molecule has 1 N–H and O–H groups in total. The highest BCUT2D eigenvalue weighted by Gasteiger charge is 2.31. The van der Waals surface area contributed by atoms with Gasteiger partial charge in [-0.2, -0.15) is 13.2 Å². The summed E-state index contributed by atoms with van der Waals surface area (Å²) in [7, 11) is 0. The second-order valence-electron chi connectivity index (χ2n) is 5.17. The maximum Gasteiger partial charge on any atom is 0.416 e. The largest absolute Gasteiger partial charge is 0.416 e. The molecule has 0 spiro atoms. The molecule has 2 rings (SSSR count). The molecule has 2 heterocycles. The van der Waals surface area contributed by atoms with Crippen molar-refractivity contribution >= 4 is 0 Å². The number of hydrogen-bond acceptors (Lipinski definition) is 2. The quantitative estimate of drug-likeness (QED) is 0.911. The van der Waals surface area contributed by atoms with Crippen LogP contribution in [0.25, 0.3) is 0 Å². The lowest BCUT2D eigenvalue weighted by Crippen LogP contribution is -2.34. The zero-order chi connectivity index (χ0) is 13.9. The van der Waals surface area contributed by atoms with Gasteiger partial charge >= 0.3 is 6.18 Å². The predicted molar refractivity (Wildman–Crippen MR) is 67.9 cm³/mol. The van der Waals surface area contributed by atoms with Crippen LogP contribution in [0.2, 0.25) is 0 Å². The first-order valence-electron chi connectivity index (χ1n) is 6.73. The third-order valence-electron chi connectivity index (χ3n) is 3.50. The molecule has 0 radical (unpaired) electrons. The maximum absolute atomic E-state index is 12.7. The minimum Gasteiger partial charge on any atom is -0.314 e. The Bertz CT molecular complexity index is 423. The highest BCUT2D eigenvalue weighted by molar-refractivity contribution is 5.23. The number of rotatable bonds is 3. The Hall–Kier alpha value is -1.10. The normalized spacial score (nSPS) is 20.5. The highest BCUT2D eigenvalue weighted by atomic mass is 19.4. The molecule has 19 heavy (non-hydrogen) atoms. The van der Waals surface area contributed by atoms with Crippen molar-refractivity contribution in [2.75, 3.05) is 6.54 Å². The molecule has 1 aromatic heterocycles. The maximum atomic E-state index is 12.7. The minimum absolute atomic E-state index is 0.422. The molecule has 1 unspecified atom stereocenters. The first kappa shape index (κ1) is 14.3. The second kappa shape index (κ2) is 5.90. The molecule has 1 fully saturated rings. The van der Waals surface area contributed by atoms with Crippen molar-refractivity contribution < 1.29 is 13.2 Å². The van der Waals surface area contributed by atoms with E-state index in [0.29, 0.717) is 23.9 Å². The monoisotopic (exact) mass is 272 g/mol. The standard InChI is InChI=1S/C14H19F3N2/c1-10-8-11(14(15,16)17)9-13(19-10)6-5-12-4-2-3-7-18-12/h8-9,12,18H,2-7H2,1H3. The average molecular weight is 272 g/mol. The van der Waals surface area contributed by atoms with E-state index >= 15 is 0 Å². The first-order chi connectivity index (χ1) is 8.95. The molecule has 1 atom stereocenters. The lowest BCUT2D eigenvalue weighted by molar-refractivity contribution is -0.137. The first-order valence-corrected chi connectivity index (χ1v) is 6.73. The Morgan fingerprint density at radius 2 is 2.11 bits per heavy atom. The fourth-order valence-corrected chi connectivity index (χ4v) is 2.52. The molecule has 2 nitrogen and oxygen atoms in total. The van der Waals surface area contributed by atoms with Crippen LogP contribution in [0.15, 0.2) is 12.1 Å². The fraction of sp³-hybridized carbons (Fsp3) is 0.643. The summed E-state index contributed by atoms with van der Waals surface area (Å²) in [6, 6.07) is 2.70. The van der Waals surface area contributed by atoms with Crippen LogP contribution in [0.3, 0.4) is 0 Å². The summed E-state index contributed by atoms with van der Waals surface area (Å²) in [6.45, 7) is 2.62. The average Bonchev–Trinajstić information content (AvgIpc) is 2.36. The molecule has 5 heteroatoms. The van der Waals surface area contributed by atoms with Crippen molar-refractivity contribution in [1.82, 2.24) is 10.3 Å². The van der Waals surface area contributed by atoms with Gasteiger partial charge in [-0.1, -0.05) is 6.42 Å². The number of alkyl halides is 3. The lowest BCUT2D eigenvalue weighted by atomic mass is 9.99. The molecule has 1 aliphatic rings. The Morgan fingerprint density at radius 1 is 1.32 bits per heavy atom. The second-order valence-corrected chi connectivity index (χ2v) is 5.17. The fourth-order valence-electron chi connectivity index (χ4n) is 2.52.